The lowest BCUT2D eigenvalue weighted by atomic mass is 10.1. The van der Waals surface area contributed by atoms with Crippen LogP contribution < -0.4 is 5.73 Å². The van der Waals surface area contributed by atoms with Crippen LogP contribution >= 0.6 is 0 Å². The Labute approximate surface area is 107 Å². The number of hydrogen-bond acceptors (Lipinski definition) is 4. The van der Waals surface area contributed by atoms with E-state index in [0.29, 0.717) is 12.1 Å². The fraction of sp³-hybridized carbons (Fsp3) is 0.333. The predicted octanol–water partition coefficient (Wildman–Crippen LogP) is 2.34. The number of rotatable bonds is 4. The standard InChI is InChI=1S/C12H12F3N3O/c13-12(14,15)7-10-17-11(19-18-10)9-3-1-8(2-4-9)5-6-16/h1-4H,5-7,16H2. The molecule has 102 valence electrons. The summed E-state index contributed by atoms with van der Waals surface area (Å²) in [6.45, 7) is 0.537. The van der Waals surface area contributed by atoms with Crippen molar-refractivity contribution < 1.29 is 17.7 Å². The summed E-state index contributed by atoms with van der Waals surface area (Å²) in [5, 5.41) is 3.31. The third kappa shape index (κ3) is 3.78. The smallest absolute Gasteiger partial charge is 0.334 e. The van der Waals surface area contributed by atoms with Gasteiger partial charge in [0.25, 0.3) is 5.89 Å². The van der Waals surface area contributed by atoms with Gasteiger partial charge in [0.05, 0.1) is 0 Å². The van der Waals surface area contributed by atoms with Crippen molar-refractivity contribution in [2.75, 3.05) is 6.54 Å². The van der Waals surface area contributed by atoms with E-state index in [4.69, 9.17) is 10.3 Å². The monoisotopic (exact) mass is 271 g/mol. The van der Waals surface area contributed by atoms with Crippen LogP contribution in [0.5, 0.6) is 0 Å². The van der Waals surface area contributed by atoms with Crippen LogP contribution in [0.25, 0.3) is 11.5 Å². The molecular weight excluding hydrogens is 259 g/mol. The molecule has 1 aromatic heterocycles. The first-order valence-electron chi connectivity index (χ1n) is 5.66. The minimum atomic E-state index is -4.34. The second-order valence-electron chi connectivity index (χ2n) is 4.04. The predicted molar refractivity (Wildman–Crippen MR) is 62.3 cm³/mol. The van der Waals surface area contributed by atoms with E-state index in [9.17, 15) is 13.2 Å². The lowest BCUT2D eigenvalue weighted by molar-refractivity contribution is -0.128. The van der Waals surface area contributed by atoms with Gasteiger partial charge >= 0.3 is 6.18 Å². The maximum absolute atomic E-state index is 12.2. The Balaban J connectivity index is 2.13. The van der Waals surface area contributed by atoms with Crippen LogP contribution in [0.2, 0.25) is 0 Å². The summed E-state index contributed by atoms with van der Waals surface area (Å²) in [7, 11) is 0. The topological polar surface area (TPSA) is 64.9 Å². The van der Waals surface area contributed by atoms with E-state index in [0.717, 1.165) is 12.0 Å². The lowest BCUT2D eigenvalue weighted by Gasteiger charge is -2.00. The molecule has 19 heavy (non-hydrogen) atoms. The van der Waals surface area contributed by atoms with Crippen LogP contribution in [0.1, 0.15) is 11.4 Å². The van der Waals surface area contributed by atoms with Gasteiger partial charge in [0.2, 0.25) is 0 Å². The molecule has 7 heteroatoms. The number of hydrogen-bond donors (Lipinski definition) is 1. The summed E-state index contributed by atoms with van der Waals surface area (Å²) in [6, 6.07) is 7.09. The van der Waals surface area contributed by atoms with Gasteiger partial charge in [0, 0.05) is 5.56 Å². The lowest BCUT2D eigenvalue weighted by Crippen LogP contribution is -2.12. The molecule has 1 aromatic carbocycles. The highest BCUT2D eigenvalue weighted by atomic mass is 19.4. The van der Waals surface area contributed by atoms with Crippen LogP contribution in [0.3, 0.4) is 0 Å². The van der Waals surface area contributed by atoms with Gasteiger partial charge in [-0.2, -0.15) is 18.2 Å². The molecule has 0 spiro atoms. The van der Waals surface area contributed by atoms with Crippen molar-refractivity contribution in [3.63, 3.8) is 0 Å². The normalized spacial score (nSPS) is 11.8. The van der Waals surface area contributed by atoms with E-state index in [-0.39, 0.29) is 11.7 Å². The van der Waals surface area contributed by atoms with Crippen LogP contribution in [0.4, 0.5) is 13.2 Å². The molecule has 0 fully saturated rings. The van der Waals surface area contributed by atoms with Gasteiger partial charge in [0.15, 0.2) is 5.82 Å². The fourth-order valence-electron chi connectivity index (χ4n) is 1.60. The van der Waals surface area contributed by atoms with E-state index in [1.54, 1.807) is 12.1 Å². The third-order valence-corrected chi connectivity index (χ3v) is 2.46. The summed E-state index contributed by atoms with van der Waals surface area (Å²) in [5.74, 6) is -0.285. The Bertz CT molecular complexity index is 534. The Kier molecular flexibility index (Phi) is 3.84. The number of nitrogens with two attached hydrogens (primary N) is 1. The minimum Gasteiger partial charge on any atom is -0.334 e. The molecule has 0 radical (unpaired) electrons. The highest BCUT2D eigenvalue weighted by molar-refractivity contribution is 5.53. The van der Waals surface area contributed by atoms with Crippen molar-refractivity contribution in [2.45, 2.75) is 19.0 Å². The van der Waals surface area contributed by atoms with Crippen LogP contribution in [0, 0.1) is 0 Å². The van der Waals surface area contributed by atoms with Crippen LogP contribution in [-0.2, 0) is 12.8 Å². The zero-order chi connectivity index (χ0) is 13.9. The average Bonchev–Trinajstić information content (AvgIpc) is 2.76. The average molecular weight is 271 g/mol. The molecule has 0 aliphatic heterocycles. The van der Waals surface area contributed by atoms with Crippen LogP contribution in [0.15, 0.2) is 28.8 Å². The van der Waals surface area contributed by atoms with Crippen molar-refractivity contribution in [1.29, 1.82) is 0 Å². The molecule has 0 aliphatic carbocycles. The first-order valence-corrected chi connectivity index (χ1v) is 5.66. The number of aromatic nitrogens is 2. The molecule has 2 N–H and O–H groups in total. The molecule has 1 heterocycles. The molecule has 2 rings (SSSR count). The summed E-state index contributed by atoms with van der Waals surface area (Å²) < 4.78 is 41.3. The zero-order valence-corrected chi connectivity index (χ0v) is 9.94. The summed E-state index contributed by atoms with van der Waals surface area (Å²) >= 11 is 0. The second kappa shape index (κ2) is 5.40. The van der Waals surface area contributed by atoms with Gasteiger partial charge in [-0.05, 0) is 30.7 Å². The Morgan fingerprint density at radius 3 is 2.42 bits per heavy atom. The van der Waals surface area contributed by atoms with Gasteiger partial charge in [0.1, 0.15) is 6.42 Å². The molecule has 0 saturated carbocycles. The van der Waals surface area contributed by atoms with Crippen LogP contribution in [-0.4, -0.2) is 22.9 Å². The minimum absolute atomic E-state index is 0.0820. The summed E-state index contributed by atoms with van der Waals surface area (Å²) in [6.07, 6.45) is -4.79. The third-order valence-electron chi connectivity index (χ3n) is 2.46. The molecule has 4 nitrogen and oxygen atoms in total. The van der Waals surface area contributed by atoms with Crippen molar-refractivity contribution >= 4 is 0 Å². The fourth-order valence-corrected chi connectivity index (χ4v) is 1.60. The zero-order valence-electron chi connectivity index (χ0n) is 9.94. The highest BCUT2D eigenvalue weighted by Crippen LogP contribution is 2.22. The van der Waals surface area contributed by atoms with Gasteiger partial charge in [-0.1, -0.05) is 17.3 Å². The number of alkyl halides is 3. The van der Waals surface area contributed by atoms with E-state index in [1.807, 2.05) is 12.1 Å². The first-order chi connectivity index (χ1) is 8.98. The molecule has 0 atom stereocenters. The molecule has 0 bridgehead atoms. The van der Waals surface area contributed by atoms with Gasteiger partial charge in [-0.15, -0.1) is 0 Å². The molecule has 0 aliphatic rings. The number of nitrogens with zero attached hydrogens (tertiary/aromatic N) is 2. The molecule has 0 amide bonds. The largest absolute Gasteiger partial charge is 0.396 e. The van der Waals surface area contributed by atoms with Crippen molar-refractivity contribution in [2.24, 2.45) is 5.73 Å². The van der Waals surface area contributed by atoms with E-state index < -0.39 is 12.6 Å². The maximum Gasteiger partial charge on any atom is 0.396 e. The van der Waals surface area contributed by atoms with Crippen molar-refractivity contribution in [3.8, 4) is 11.5 Å². The molecule has 2 aromatic rings. The van der Waals surface area contributed by atoms with Gasteiger partial charge in [-0.3, -0.25) is 0 Å². The van der Waals surface area contributed by atoms with E-state index in [2.05, 4.69) is 10.1 Å². The Hall–Kier alpha value is -1.89. The van der Waals surface area contributed by atoms with Crippen molar-refractivity contribution in [3.05, 3.63) is 35.7 Å². The number of halogens is 3. The highest BCUT2D eigenvalue weighted by Gasteiger charge is 2.30. The molecular formula is C12H12F3N3O. The quantitative estimate of drug-likeness (QED) is 0.927. The Morgan fingerprint density at radius 2 is 1.84 bits per heavy atom. The first kappa shape index (κ1) is 13.5. The molecule has 0 saturated heterocycles. The van der Waals surface area contributed by atoms with E-state index in [1.165, 1.54) is 0 Å². The molecule has 0 unspecified atom stereocenters. The SMILES string of the molecule is NCCc1ccc(-c2nc(CC(F)(F)F)no2)cc1. The van der Waals surface area contributed by atoms with E-state index >= 15 is 0 Å². The number of benzene rings is 1. The van der Waals surface area contributed by atoms with Gasteiger partial charge < -0.3 is 10.3 Å². The summed E-state index contributed by atoms with van der Waals surface area (Å²) in [5.41, 5.74) is 7.05. The Morgan fingerprint density at radius 1 is 1.16 bits per heavy atom. The maximum atomic E-state index is 12.2. The summed E-state index contributed by atoms with van der Waals surface area (Å²) in [4.78, 5) is 3.72. The van der Waals surface area contributed by atoms with Crippen molar-refractivity contribution in [1.82, 2.24) is 10.1 Å². The second-order valence-corrected chi connectivity index (χ2v) is 4.04. The van der Waals surface area contributed by atoms with Gasteiger partial charge in [-0.25, -0.2) is 0 Å².